The van der Waals surface area contributed by atoms with Crippen molar-refractivity contribution >= 4 is 11.5 Å². The molecule has 13 heavy (non-hydrogen) atoms. The Balaban J connectivity index is 0.000000184. The molecular weight excluding hydrogens is 172 g/mol. The number of nitrogens with zero attached hydrogens (tertiary/aromatic N) is 4. The minimum absolute atomic E-state index is 0.833. The lowest BCUT2D eigenvalue weighted by Crippen LogP contribution is -1.86. The second-order valence-corrected chi connectivity index (χ2v) is 2.20. The summed E-state index contributed by atoms with van der Waals surface area (Å²) in [6.45, 7) is 1.08. The van der Waals surface area contributed by atoms with Crippen molar-refractivity contribution in [2.24, 2.45) is 0 Å². The summed E-state index contributed by atoms with van der Waals surface area (Å²) in [7, 11) is 0. The fraction of sp³-hybridized carbons (Fsp3) is 0.143. The minimum atomic E-state index is -0.833. The molecule has 0 aliphatic carbocycles. The molecule has 2 aromatic rings. The van der Waals surface area contributed by atoms with Gasteiger partial charge < -0.3 is 5.11 Å². The summed E-state index contributed by atoms with van der Waals surface area (Å²) in [4.78, 5) is 12.8. The highest BCUT2D eigenvalue weighted by molar-refractivity contribution is 5.62. The SMILES string of the molecule is CC(=O)O.c1cc2cnnn2cn1. The van der Waals surface area contributed by atoms with E-state index in [0.717, 1.165) is 12.4 Å². The van der Waals surface area contributed by atoms with Gasteiger partial charge >= 0.3 is 0 Å². The number of rotatable bonds is 0. The smallest absolute Gasteiger partial charge is 0.300 e. The summed E-state index contributed by atoms with van der Waals surface area (Å²) in [5.74, 6) is -0.833. The van der Waals surface area contributed by atoms with Gasteiger partial charge in [0.15, 0.2) is 0 Å². The summed E-state index contributed by atoms with van der Waals surface area (Å²) >= 11 is 0. The molecule has 6 heteroatoms. The van der Waals surface area contributed by atoms with Gasteiger partial charge in [0.25, 0.3) is 5.97 Å². The average Bonchev–Trinajstić information content (AvgIpc) is 2.49. The molecule has 2 rings (SSSR count). The van der Waals surface area contributed by atoms with Crippen LogP contribution in [0, 0.1) is 0 Å². The molecule has 6 nitrogen and oxygen atoms in total. The maximum absolute atomic E-state index is 9.00. The van der Waals surface area contributed by atoms with Gasteiger partial charge in [-0.3, -0.25) is 4.79 Å². The van der Waals surface area contributed by atoms with Crippen molar-refractivity contribution in [3.8, 4) is 0 Å². The van der Waals surface area contributed by atoms with Crippen LogP contribution in [0.25, 0.3) is 5.52 Å². The molecule has 0 saturated carbocycles. The molecule has 2 heterocycles. The Kier molecular flexibility index (Phi) is 2.91. The molecule has 0 aliphatic heterocycles. The van der Waals surface area contributed by atoms with Crippen LogP contribution in [0.5, 0.6) is 0 Å². The quantitative estimate of drug-likeness (QED) is 0.627. The van der Waals surface area contributed by atoms with E-state index < -0.39 is 5.97 Å². The largest absolute Gasteiger partial charge is 0.481 e. The van der Waals surface area contributed by atoms with Crippen LogP contribution >= 0.6 is 0 Å². The number of carboxylic acids is 1. The van der Waals surface area contributed by atoms with Gasteiger partial charge in [0.2, 0.25) is 0 Å². The Bertz CT molecular complexity index is 364. The van der Waals surface area contributed by atoms with Gasteiger partial charge in [-0.15, -0.1) is 5.10 Å². The molecule has 68 valence electrons. The first-order valence-electron chi connectivity index (χ1n) is 3.49. The topological polar surface area (TPSA) is 80.4 Å². The van der Waals surface area contributed by atoms with E-state index in [2.05, 4.69) is 15.3 Å². The van der Waals surface area contributed by atoms with Gasteiger partial charge in [-0.25, -0.2) is 9.50 Å². The van der Waals surface area contributed by atoms with Crippen LogP contribution in [-0.2, 0) is 4.79 Å². The first-order valence-corrected chi connectivity index (χ1v) is 3.49. The molecular formula is C7H8N4O2. The molecule has 0 atom stereocenters. The predicted molar refractivity (Wildman–Crippen MR) is 44.1 cm³/mol. The van der Waals surface area contributed by atoms with Crippen LogP contribution in [0.15, 0.2) is 24.8 Å². The number of hydrogen-bond acceptors (Lipinski definition) is 4. The molecule has 0 spiro atoms. The minimum Gasteiger partial charge on any atom is -0.481 e. The lowest BCUT2D eigenvalue weighted by molar-refractivity contribution is -0.134. The molecule has 0 unspecified atom stereocenters. The lowest BCUT2D eigenvalue weighted by Gasteiger charge is -1.83. The molecule has 0 fully saturated rings. The third-order valence-electron chi connectivity index (χ3n) is 1.11. The summed E-state index contributed by atoms with van der Waals surface area (Å²) in [5.41, 5.74) is 0.963. The van der Waals surface area contributed by atoms with Crippen molar-refractivity contribution in [2.45, 2.75) is 6.92 Å². The Labute approximate surface area is 73.8 Å². The van der Waals surface area contributed by atoms with Crippen molar-refractivity contribution < 1.29 is 9.90 Å². The highest BCUT2D eigenvalue weighted by Gasteiger charge is 1.87. The second-order valence-electron chi connectivity index (χ2n) is 2.20. The summed E-state index contributed by atoms with van der Waals surface area (Å²) < 4.78 is 1.61. The normalized spacial score (nSPS) is 9.00. The van der Waals surface area contributed by atoms with Crippen molar-refractivity contribution in [2.75, 3.05) is 0 Å². The molecule has 0 bridgehead atoms. The highest BCUT2D eigenvalue weighted by Crippen LogP contribution is 1.93. The van der Waals surface area contributed by atoms with E-state index >= 15 is 0 Å². The van der Waals surface area contributed by atoms with Gasteiger partial charge in [-0.2, -0.15) is 0 Å². The van der Waals surface area contributed by atoms with E-state index in [4.69, 9.17) is 9.90 Å². The summed E-state index contributed by atoms with van der Waals surface area (Å²) in [5, 5.41) is 14.8. The first-order chi connectivity index (χ1) is 6.20. The Morgan fingerprint density at radius 1 is 1.62 bits per heavy atom. The van der Waals surface area contributed by atoms with E-state index in [1.165, 1.54) is 0 Å². The molecule has 0 saturated heterocycles. The maximum atomic E-state index is 9.00. The molecule has 0 radical (unpaired) electrons. The third-order valence-corrected chi connectivity index (χ3v) is 1.11. The van der Waals surface area contributed by atoms with Gasteiger partial charge in [0.05, 0.1) is 11.7 Å². The van der Waals surface area contributed by atoms with Crippen molar-refractivity contribution in [1.82, 2.24) is 19.8 Å². The monoisotopic (exact) mass is 180 g/mol. The van der Waals surface area contributed by atoms with Crippen molar-refractivity contribution in [3.05, 3.63) is 24.8 Å². The zero-order valence-corrected chi connectivity index (χ0v) is 6.95. The van der Waals surface area contributed by atoms with Crippen LogP contribution in [0.4, 0.5) is 0 Å². The van der Waals surface area contributed by atoms with Gasteiger partial charge in [0.1, 0.15) is 6.33 Å². The van der Waals surface area contributed by atoms with E-state index in [1.807, 2.05) is 6.07 Å². The Morgan fingerprint density at radius 3 is 2.92 bits per heavy atom. The van der Waals surface area contributed by atoms with Gasteiger partial charge in [-0.1, -0.05) is 5.21 Å². The van der Waals surface area contributed by atoms with Crippen molar-refractivity contribution in [1.29, 1.82) is 0 Å². The number of fused-ring (bicyclic) bond motifs is 1. The highest BCUT2D eigenvalue weighted by atomic mass is 16.4. The fourth-order valence-corrected chi connectivity index (χ4v) is 0.682. The second kappa shape index (κ2) is 4.15. The molecule has 0 aromatic carbocycles. The molecule has 2 aromatic heterocycles. The number of aliphatic carboxylic acids is 1. The number of carboxylic acid groups (broad SMARTS) is 1. The predicted octanol–water partition coefficient (Wildman–Crippen LogP) is 0.215. The van der Waals surface area contributed by atoms with E-state index in [0.29, 0.717) is 0 Å². The van der Waals surface area contributed by atoms with Crippen LogP contribution < -0.4 is 0 Å². The summed E-state index contributed by atoms with van der Waals surface area (Å²) in [6, 6.07) is 1.85. The number of carbonyl (C=O) groups is 1. The van der Waals surface area contributed by atoms with Crippen molar-refractivity contribution in [3.63, 3.8) is 0 Å². The third kappa shape index (κ3) is 2.86. The zero-order chi connectivity index (χ0) is 9.68. The number of aromatic nitrogens is 4. The van der Waals surface area contributed by atoms with E-state index in [9.17, 15) is 0 Å². The summed E-state index contributed by atoms with van der Waals surface area (Å²) in [6.07, 6.45) is 5.00. The van der Waals surface area contributed by atoms with Gasteiger partial charge in [0, 0.05) is 13.1 Å². The Morgan fingerprint density at radius 2 is 2.31 bits per heavy atom. The van der Waals surface area contributed by atoms with Crippen LogP contribution in [0.1, 0.15) is 6.92 Å². The van der Waals surface area contributed by atoms with E-state index in [-0.39, 0.29) is 0 Å². The Hall–Kier alpha value is -1.98. The maximum Gasteiger partial charge on any atom is 0.300 e. The molecule has 1 N–H and O–H groups in total. The van der Waals surface area contributed by atoms with Gasteiger partial charge in [-0.05, 0) is 6.07 Å². The molecule has 0 amide bonds. The fourth-order valence-electron chi connectivity index (χ4n) is 0.682. The molecule has 0 aliphatic rings. The zero-order valence-electron chi connectivity index (χ0n) is 6.95. The van der Waals surface area contributed by atoms with Crippen LogP contribution in [0.2, 0.25) is 0 Å². The standard InChI is InChI=1S/C5H4N4.C2H4O2/c1-2-6-4-9-5(1)3-7-8-9;1-2(3)4/h1-4H;1H3,(H,3,4). The van der Waals surface area contributed by atoms with Crippen LogP contribution in [0.3, 0.4) is 0 Å². The average molecular weight is 180 g/mol. The first kappa shape index (κ1) is 9.11. The van der Waals surface area contributed by atoms with E-state index in [1.54, 1.807) is 23.2 Å². The van der Waals surface area contributed by atoms with Crippen LogP contribution in [-0.4, -0.2) is 30.9 Å². The lowest BCUT2D eigenvalue weighted by atomic mass is 10.5. The number of hydrogen-bond donors (Lipinski definition) is 1.